The van der Waals surface area contributed by atoms with E-state index in [0.717, 1.165) is 0 Å². The first-order valence-corrected chi connectivity index (χ1v) is 7.74. The molecule has 0 aliphatic carbocycles. The number of nitrogens with one attached hydrogen (secondary N) is 1. The first-order chi connectivity index (χ1) is 9.11. The number of hydrogen-bond donors (Lipinski definition) is 2. The Morgan fingerprint density at radius 2 is 2.00 bits per heavy atom. The lowest BCUT2D eigenvalue weighted by atomic mass is 10.2. The third kappa shape index (κ3) is 4.39. The van der Waals surface area contributed by atoms with Crippen molar-refractivity contribution in [3.8, 4) is 5.75 Å². The Hall–Kier alpha value is -1.80. The van der Waals surface area contributed by atoms with Crippen molar-refractivity contribution in [2.75, 3.05) is 0 Å². The van der Waals surface area contributed by atoms with Crippen LogP contribution in [0.25, 0.3) is 0 Å². The predicted molar refractivity (Wildman–Crippen MR) is 72.0 cm³/mol. The van der Waals surface area contributed by atoms with Crippen LogP contribution in [0.4, 0.5) is 4.79 Å². The molecule has 0 aliphatic rings. The van der Waals surface area contributed by atoms with Gasteiger partial charge in [0.25, 0.3) is 15.0 Å². The highest BCUT2D eigenvalue weighted by molar-refractivity contribution is 8.13. The number of ether oxygens (including phenoxy) is 1. The number of rotatable bonds is 4. The maximum absolute atomic E-state index is 11.4. The molecule has 1 atom stereocenters. The Balaban J connectivity index is 2.89. The SMILES string of the molecule is Cc1cc(S(=O)(=O)Cl)ccc1OC(C)C(=O)NC(N)=O. The van der Waals surface area contributed by atoms with Crippen LogP contribution in [0.2, 0.25) is 0 Å². The number of carbonyl (C=O) groups is 2. The van der Waals surface area contributed by atoms with E-state index < -0.39 is 27.1 Å². The zero-order valence-corrected chi connectivity index (χ0v) is 12.3. The first-order valence-electron chi connectivity index (χ1n) is 5.43. The predicted octanol–water partition coefficient (Wildman–Crippen LogP) is 0.885. The van der Waals surface area contributed by atoms with Gasteiger partial charge in [-0.2, -0.15) is 0 Å². The van der Waals surface area contributed by atoms with E-state index >= 15 is 0 Å². The molecule has 1 aromatic carbocycles. The average Bonchev–Trinajstić information content (AvgIpc) is 2.29. The van der Waals surface area contributed by atoms with E-state index in [2.05, 4.69) is 0 Å². The van der Waals surface area contributed by atoms with E-state index in [-0.39, 0.29) is 4.90 Å². The molecule has 0 heterocycles. The maximum atomic E-state index is 11.4. The van der Waals surface area contributed by atoms with Crippen molar-refractivity contribution in [1.82, 2.24) is 5.32 Å². The Morgan fingerprint density at radius 3 is 2.45 bits per heavy atom. The van der Waals surface area contributed by atoms with Crippen molar-refractivity contribution in [3.63, 3.8) is 0 Å². The van der Waals surface area contributed by atoms with Crippen molar-refractivity contribution in [3.05, 3.63) is 23.8 Å². The third-order valence-electron chi connectivity index (χ3n) is 2.35. The van der Waals surface area contributed by atoms with Crippen LogP contribution in [-0.4, -0.2) is 26.5 Å². The fraction of sp³-hybridized carbons (Fsp3) is 0.273. The van der Waals surface area contributed by atoms with Gasteiger partial charge >= 0.3 is 6.03 Å². The average molecular weight is 321 g/mol. The largest absolute Gasteiger partial charge is 0.481 e. The Labute approximate surface area is 120 Å². The third-order valence-corrected chi connectivity index (χ3v) is 3.70. The Bertz CT molecular complexity index is 644. The highest BCUT2D eigenvalue weighted by atomic mass is 35.7. The molecule has 0 aromatic heterocycles. The second-order valence-corrected chi connectivity index (χ2v) is 6.54. The van der Waals surface area contributed by atoms with Gasteiger partial charge in [-0.3, -0.25) is 10.1 Å². The molecule has 0 aliphatic heterocycles. The summed E-state index contributed by atoms with van der Waals surface area (Å²) >= 11 is 0. The number of aryl methyl sites for hydroxylation is 1. The van der Waals surface area contributed by atoms with Crippen molar-refractivity contribution in [2.45, 2.75) is 24.8 Å². The number of halogens is 1. The quantitative estimate of drug-likeness (QED) is 0.799. The minimum Gasteiger partial charge on any atom is -0.481 e. The van der Waals surface area contributed by atoms with E-state index in [1.54, 1.807) is 6.92 Å². The van der Waals surface area contributed by atoms with Gasteiger partial charge in [-0.05, 0) is 37.6 Å². The number of benzene rings is 1. The van der Waals surface area contributed by atoms with Gasteiger partial charge in [0.05, 0.1) is 4.90 Å². The lowest BCUT2D eigenvalue weighted by Crippen LogP contribution is -2.42. The van der Waals surface area contributed by atoms with Crippen LogP contribution in [-0.2, 0) is 13.8 Å². The summed E-state index contributed by atoms with van der Waals surface area (Å²) in [5.74, 6) is -0.410. The van der Waals surface area contributed by atoms with Crippen LogP contribution < -0.4 is 15.8 Å². The van der Waals surface area contributed by atoms with Crippen LogP contribution in [0.5, 0.6) is 5.75 Å². The number of imide groups is 1. The molecule has 3 amide bonds. The van der Waals surface area contributed by atoms with E-state index in [9.17, 15) is 18.0 Å². The van der Waals surface area contributed by atoms with Crippen LogP contribution in [0.15, 0.2) is 23.1 Å². The minimum atomic E-state index is -3.83. The minimum absolute atomic E-state index is 0.0711. The van der Waals surface area contributed by atoms with Gasteiger partial charge in [0.1, 0.15) is 5.75 Å². The van der Waals surface area contributed by atoms with Crippen LogP contribution in [0.1, 0.15) is 12.5 Å². The number of amides is 3. The lowest BCUT2D eigenvalue weighted by molar-refractivity contribution is -0.126. The van der Waals surface area contributed by atoms with Gasteiger partial charge in [-0.15, -0.1) is 0 Å². The lowest BCUT2D eigenvalue weighted by Gasteiger charge is -2.15. The molecule has 7 nitrogen and oxygen atoms in total. The van der Waals surface area contributed by atoms with Gasteiger partial charge in [0.2, 0.25) is 0 Å². The smallest absolute Gasteiger partial charge is 0.318 e. The molecule has 0 saturated heterocycles. The maximum Gasteiger partial charge on any atom is 0.318 e. The van der Waals surface area contributed by atoms with Gasteiger partial charge in [-0.1, -0.05) is 0 Å². The summed E-state index contributed by atoms with van der Waals surface area (Å²) in [6.07, 6.45) is -0.973. The second-order valence-electron chi connectivity index (χ2n) is 3.98. The summed E-state index contributed by atoms with van der Waals surface area (Å²) in [6, 6.07) is 2.96. The molecule has 110 valence electrons. The van der Waals surface area contributed by atoms with Gasteiger partial charge < -0.3 is 10.5 Å². The molecule has 0 saturated carbocycles. The highest BCUT2D eigenvalue weighted by Crippen LogP contribution is 2.24. The van der Waals surface area contributed by atoms with Gasteiger partial charge in [-0.25, -0.2) is 13.2 Å². The number of hydrogen-bond acceptors (Lipinski definition) is 5. The zero-order valence-electron chi connectivity index (χ0n) is 10.7. The molecule has 1 unspecified atom stereocenters. The number of urea groups is 1. The van der Waals surface area contributed by atoms with Gasteiger partial charge in [0.15, 0.2) is 6.10 Å². The molecule has 0 spiro atoms. The fourth-order valence-corrected chi connectivity index (χ4v) is 2.21. The summed E-state index contributed by atoms with van der Waals surface area (Å²) in [6.45, 7) is 3.02. The molecule has 3 N–H and O–H groups in total. The summed E-state index contributed by atoms with van der Waals surface area (Å²) in [4.78, 5) is 21.9. The molecule has 1 rings (SSSR count). The molecular weight excluding hydrogens is 308 g/mol. The van der Waals surface area contributed by atoms with E-state index in [1.165, 1.54) is 25.1 Å². The Kier molecular flexibility index (Phi) is 4.96. The molecule has 9 heteroatoms. The summed E-state index contributed by atoms with van der Waals surface area (Å²) < 4.78 is 27.6. The van der Waals surface area contributed by atoms with E-state index in [4.69, 9.17) is 21.2 Å². The Morgan fingerprint density at radius 1 is 1.40 bits per heavy atom. The van der Waals surface area contributed by atoms with Crippen molar-refractivity contribution in [2.24, 2.45) is 5.73 Å². The summed E-state index contributed by atoms with van der Waals surface area (Å²) in [7, 11) is 1.39. The molecule has 0 fully saturated rings. The molecule has 1 aromatic rings. The van der Waals surface area contributed by atoms with Gasteiger partial charge in [0, 0.05) is 10.7 Å². The number of primary amides is 1. The standard InChI is InChI=1S/C11H13ClN2O5S/c1-6-5-8(20(12,17)18)3-4-9(6)19-7(2)10(15)14-11(13)16/h3-5,7H,1-2H3,(H3,13,14,15,16). The normalized spacial score (nSPS) is 12.6. The second kappa shape index (κ2) is 6.10. The van der Waals surface area contributed by atoms with Crippen molar-refractivity contribution >= 4 is 31.7 Å². The zero-order chi connectivity index (χ0) is 15.5. The van der Waals surface area contributed by atoms with Crippen molar-refractivity contribution < 1.29 is 22.7 Å². The topological polar surface area (TPSA) is 116 Å². The van der Waals surface area contributed by atoms with Crippen LogP contribution in [0.3, 0.4) is 0 Å². The fourth-order valence-electron chi connectivity index (χ4n) is 1.37. The first kappa shape index (κ1) is 16.3. The monoisotopic (exact) mass is 320 g/mol. The van der Waals surface area contributed by atoms with E-state index in [1.807, 2.05) is 5.32 Å². The van der Waals surface area contributed by atoms with E-state index in [0.29, 0.717) is 11.3 Å². The molecule has 0 bridgehead atoms. The molecule has 0 radical (unpaired) electrons. The highest BCUT2D eigenvalue weighted by Gasteiger charge is 2.18. The summed E-state index contributed by atoms with van der Waals surface area (Å²) in [5, 5.41) is 1.88. The van der Waals surface area contributed by atoms with Crippen molar-refractivity contribution in [1.29, 1.82) is 0 Å². The molecule has 20 heavy (non-hydrogen) atoms. The summed E-state index contributed by atoms with van der Waals surface area (Å²) in [5.41, 5.74) is 5.29. The number of nitrogens with two attached hydrogens (primary N) is 1. The number of carbonyl (C=O) groups excluding carboxylic acids is 2. The van der Waals surface area contributed by atoms with Crippen LogP contribution >= 0.6 is 10.7 Å². The molecular formula is C11H13ClN2O5S. The van der Waals surface area contributed by atoms with Crippen LogP contribution in [0, 0.1) is 6.92 Å².